The minimum absolute atomic E-state index is 0.754. The minimum Gasteiger partial charge on any atom is -0.468 e. The molecule has 15 heavy (non-hydrogen) atoms. The molecule has 0 aliphatic carbocycles. The number of nitrogens with zero attached hydrogens (tertiary/aromatic N) is 1. The molecule has 0 saturated heterocycles. The molecule has 0 aromatic carbocycles. The van der Waals surface area contributed by atoms with Gasteiger partial charge in [0.05, 0.1) is 12.0 Å². The molecule has 2 aromatic rings. The van der Waals surface area contributed by atoms with E-state index in [0.717, 1.165) is 27.8 Å². The fourth-order valence-electron chi connectivity index (χ4n) is 1.25. The van der Waals surface area contributed by atoms with E-state index in [1.54, 1.807) is 30.3 Å². The van der Waals surface area contributed by atoms with E-state index in [1.807, 2.05) is 19.1 Å². The van der Waals surface area contributed by atoms with Crippen LogP contribution < -0.4 is 5.73 Å². The van der Waals surface area contributed by atoms with E-state index in [4.69, 9.17) is 10.2 Å². The first-order valence-corrected chi connectivity index (χ1v) is 5.61. The number of aromatic nitrogens is 1. The van der Waals surface area contributed by atoms with Gasteiger partial charge in [0, 0.05) is 22.5 Å². The molecule has 0 radical (unpaired) electrons. The highest BCUT2D eigenvalue weighted by Gasteiger charge is 2.03. The van der Waals surface area contributed by atoms with Crippen molar-refractivity contribution in [1.82, 2.24) is 4.98 Å². The van der Waals surface area contributed by atoms with Gasteiger partial charge in [-0.1, -0.05) is 0 Å². The summed E-state index contributed by atoms with van der Waals surface area (Å²) in [5.74, 6) is 1.76. The van der Waals surface area contributed by atoms with Crippen LogP contribution in [0.4, 0.5) is 5.69 Å². The predicted octanol–water partition coefficient (Wildman–Crippen LogP) is 2.86. The van der Waals surface area contributed by atoms with Crippen molar-refractivity contribution in [2.45, 2.75) is 17.6 Å². The number of nitrogens with two attached hydrogens (primary N) is 1. The maximum atomic E-state index is 5.67. The Bertz CT molecular complexity index is 453. The molecule has 78 valence electrons. The highest BCUT2D eigenvalue weighted by molar-refractivity contribution is 7.98. The second-order valence-corrected chi connectivity index (χ2v) is 4.23. The van der Waals surface area contributed by atoms with Crippen molar-refractivity contribution in [1.29, 1.82) is 0 Å². The Morgan fingerprint density at radius 1 is 1.47 bits per heavy atom. The molecule has 0 fully saturated rings. The van der Waals surface area contributed by atoms with Gasteiger partial charge in [0.25, 0.3) is 0 Å². The number of rotatable bonds is 3. The Morgan fingerprint density at radius 2 is 2.33 bits per heavy atom. The van der Waals surface area contributed by atoms with Crippen LogP contribution in [0.2, 0.25) is 0 Å². The Morgan fingerprint density at radius 3 is 3.00 bits per heavy atom. The van der Waals surface area contributed by atoms with Crippen molar-refractivity contribution in [3.8, 4) is 0 Å². The van der Waals surface area contributed by atoms with Gasteiger partial charge < -0.3 is 10.2 Å². The van der Waals surface area contributed by atoms with Gasteiger partial charge in [0.15, 0.2) is 0 Å². The first-order valence-electron chi connectivity index (χ1n) is 4.63. The average molecular weight is 220 g/mol. The normalized spacial score (nSPS) is 10.5. The van der Waals surface area contributed by atoms with E-state index >= 15 is 0 Å². The van der Waals surface area contributed by atoms with Crippen LogP contribution in [0.25, 0.3) is 0 Å². The molecule has 4 heteroatoms. The van der Waals surface area contributed by atoms with Crippen LogP contribution in [-0.4, -0.2) is 4.98 Å². The molecule has 2 rings (SSSR count). The first-order chi connectivity index (χ1) is 7.25. The summed E-state index contributed by atoms with van der Waals surface area (Å²) < 4.78 is 5.21. The van der Waals surface area contributed by atoms with E-state index in [9.17, 15) is 0 Å². The quantitative estimate of drug-likeness (QED) is 0.808. The number of anilines is 1. The van der Waals surface area contributed by atoms with Crippen molar-refractivity contribution >= 4 is 17.4 Å². The zero-order chi connectivity index (χ0) is 10.7. The van der Waals surface area contributed by atoms with Gasteiger partial charge in [0.1, 0.15) is 5.76 Å². The maximum Gasteiger partial charge on any atom is 0.114 e. The average Bonchev–Trinajstić information content (AvgIpc) is 2.61. The van der Waals surface area contributed by atoms with Crippen LogP contribution in [0.3, 0.4) is 0 Å². The van der Waals surface area contributed by atoms with Gasteiger partial charge in [-0.2, -0.15) is 0 Å². The number of furan rings is 1. The predicted molar refractivity (Wildman–Crippen MR) is 61.7 cm³/mol. The van der Waals surface area contributed by atoms with Crippen molar-refractivity contribution in [3.63, 3.8) is 0 Å². The summed E-state index contributed by atoms with van der Waals surface area (Å²) in [6, 6.07) is 5.64. The molecule has 0 aliphatic rings. The monoisotopic (exact) mass is 220 g/mol. The van der Waals surface area contributed by atoms with Crippen LogP contribution in [0.15, 0.2) is 40.0 Å². The smallest absolute Gasteiger partial charge is 0.114 e. The number of thioether (sulfide) groups is 1. The van der Waals surface area contributed by atoms with Crippen LogP contribution in [0, 0.1) is 6.92 Å². The molecule has 0 unspecified atom stereocenters. The molecule has 0 spiro atoms. The molecule has 2 N–H and O–H groups in total. The Balaban J connectivity index is 2.02. The zero-order valence-electron chi connectivity index (χ0n) is 8.43. The van der Waals surface area contributed by atoms with Crippen LogP contribution in [0.1, 0.15) is 11.5 Å². The van der Waals surface area contributed by atoms with Gasteiger partial charge >= 0.3 is 0 Å². The molecule has 0 atom stereocenters. The third-order valence-corrected chi connectivity index (χ3v) is 3.20. The largest absolute Gasteiger partial charge is 0.468 e. The van der Waals surface area contributed by atoms with Crippen LogP contribution >= 0.6 is 11.8 Å². The Hall–Kier alpha value is -1.42. The minimum atomic E-state index is 0.754. The van der Waals surface area contributed by atoms with E-state index in [-0.39, 0.29) is 0 Å². The fourth-order valence-corrected chi connectivity index (χ4v) is 2.11. The lowest BCUT2D eigenvalue weighted by molar-refractivity contribution is 0.527. The molecule has 0 saturated carbocycles. The first kappa shape index (κ1) is 10.1. The van der Waals surface area contributed by atoms with Gasteiger partial charge in [-0.3, -0.25) is 4.98 Å². The maximum absolute atomic E-state index is 5.67. The number of hydrogen-bond acceptors (Lipinski definition) is 4. The summed E-state index contributed by atoms with van der Waals surface area (Å²) in [7, 11) is 0. The van der Waals surface area contributed by atoms with Crippen molar-refractivity contribution in [2.24, 2.45) is 0 Å². The summed E-state index contributed by atoms with van der Waals surface area (Å²) >= 11 is 1.70. The van der Waals surface area contributed by atoms with Crippen molar-refractivity contribution in [3.05, 3.63) is 42.1 Å². The Kier molecular flexibility index (Phi) is 2.97. The van der Waals surface area contributed by atoms with Gasteiger partial charge in [-0.25, -0.2) is 0 Å². The summed E-state index contributed by atoms with van der Waals surface area (Å²) in [6.07, 6.45) is 3.43. The van der Waals surface area contributed by atoms with Gasteiger partial charge in [-0.05, 0) is 25.1 Å². The third-order valence-electron chi connectivity index (χ3n) is 2.03. The molecule has 0 amide bonds. The Labute approximate surface area is 92.7 Å². The summed E-state index contributed by atoms with van der Waals surface area (Å²) in [5.41, 5.74) is 7.41. The SMILES string of the molecule is Cc1occc1SCc1cc(N)ccn1. The second-order valence-electron chi connectivity index (χ2n) is 3.21. The molecule has 0 bridgehead atoms. The molecule has 3 nitrogen and oxygen atoms in total. The number of pyridine rings is 1. The fraction of sp³-hybridized carbons (Fsp3) is 0.182. The zero-order valence-corrected chi connectivity index (χ0v) is 9.25. The highest BCUT2D eigenvalue weighted by Crippen LogP contribution is 2.26. The molecule has 0 aliphatic heterocycles. The highest BCUT2D eigenvalue weighted by atomic mass is 32.2. The molecule has 2 heterocycles. The van der Waals surface area contributed by atoms with E-state index < -0.39 is 0 Å². The van der Waals surface area contributed by atoms with E-state index in [0.29, 0.717) is 0 Å². The standard InChI is InChI=1S/C11H12N2OS/c1-8-11(3-5-14-8)15-7-10-6-9(12)2-4-13-10/h2-6H,7H2,1H3,(H2,12,13). The van der Waals surface area contributed by atoms with E-state index in [1.165, 1.54) is 0 Å². The lowest BCUT2D eigenvalue weighted by atomic mass is 10.3. The number of aryl methyl sites for hydroxylation is 1. The summed E-state index contributed by atoms with van der Waals surface area (Å²) in [6.45, 7) is 1.95. The topological polar surface area (TPSA) is 52.0 Å². The molecule has 2 aromatic heterocycles. The third kappa shape index (κ3) is 2.53. The van der Waals surface area contributed by atoms with Gasteiger partial charge in [0.2, 0.25) is 0 Å². The van der Waals surface area contributed by atoms with Crippen molar-refractivity contribution in [2.75, 3.05) is 5.73 Å². The van der Waals surface area contributed by atoms with Crippen molar-refractivity contribution < 1.29 is 4.42 Å². The summed E-state index contributed by atoms with van der Waals surface area (Å²) in [4.78, 5) is 5.39. The van der Waals surface area contributed by atoms with Crippen LogP contribution in [0.5, 0.6) is 0 Å². The number of nitrogen functional groups attached to an aromatic ring is 1. The second kappa shape index (κ2) is 4.40. The number of hydrogen-bond donors (Lipinski definition) is 1. The molecular weight excluding hydrogens is 208 g/mol. The van der Waals surface area contributed by atoms with Gasteiger partial charge in [-0.15, -0.1) is 11.8 Å². The lowest BCUT2D eigenvalue weighted by Crippen LogP contribution is -1.90. The van der Waals surface area contributed by atoms with E-state index in [2.05, 4.69) is 4.98 Å². The van der Waals surface area contributed by atoms with Crippen LogP contribution in [-0.2, 0) is 5.75 Å². The summed E-state index contributed by atoms with van der Waals surface area (Å²) in [5, 5.41) is 0. The molecular formula is C11H12N2OS. The lowest BCUT2D eigenvalue weighted by Gasteiger charge is -2.00.